The fraction of sp³-hybridized carbons (Fsp3) is 0.455. The molecule has 0 aromatic carbocycles. The van der Waals surface area contributed by atoms with Crippen LogP contribution in [0.5, 0.6) is 5.75 Å². The molecule has 2 heterocycles. The van der Waals surface area contributed by atoms with Crippen molar-refractivity contribution in [2.24, 2.45) is 7.05 Å². The van der Waals surface area contributed by atoms with Gasteiger partial charge in [-0.25, -0.2) is 14.6 Å². The minimum absolute atomic E-state index is 0.585. The lowest BCUT2D eigenvalue weighted by Gasteiger charge is -2.12. The van der Waals surface area contributed by atoms with Crippen molar-refractivity contribution in [3.05, 3.63) is 10.9 Å². The van der Waals surface area contributed by atoms with E-state index in [4.69, 9.17) is 4.74 Å². The molecule has 0 aliphatic rings. The van der Waals surface area contributed by atoms with Crippen LogP contribution >= 0.6 is 15.9 Å². The molecule has 0 aliphatic heterocycles. The van der Waals surface area contributed by atoms with Crippen LogP contribution in [-0.2, 0) is 7.05 Å². The van der Waals surface area contributed by atoms with E-state index in [1.165, 1.54) is 6.33 Å². The van der Waals surface area contributed by atoms with Gasteiger partial charge in [0.1, 0.15) is 17.7 Å². The third kappa shape index (κ3) is 2.67. The summed E-state index contributed by atoms with van der Waals surface area (Å²) in [6.45, 7) is 2.90. The molecular formula is C11H15BrN6O. The first-order chi connectivity index (χ1) is 9.19. The summed E-state index contributed by atoms with van der Waals surface area (Å²) >= 11 is 3.36. The van der Waals surface area contributed by atoms with E-state index in [-0.39, 0.29) is 0 Å². The topological polar surface area (TPSA) is 77.8 Å². The Morgan fingerprint density at radius 2 is 2.21 bits per heavy atom. The van der Waals surface area contributed by atoms with Crippen LogP contribution in [-0.4, -0.2) is 38.6 Å². The highest BCUT2D eigenvalue weighted by atomic mass is 79.9. The van der Waals surface area contributed by atoms with Crippen LogP contribution in [0.1, 0.15) is 13.3 Å². The largest absolute Gasteiger partial charge is 0.491 e. The molecule has 2 aromatic heterocycles. The Morgan fingerprint density at radius 3 is 2.79 bits per heavy atom. The van der Waals surface area contributed by atoms with E-state index in [2.05, 4.69) is 48.5 Å². The first-order valence-corrected chi connectivity index (χ1v) is 6.66. The summed E-state index contributed by atoms with van der Waals surface area (Å²) in [4.78, 5) is 8.48. The summed E-state index contributed by atoms with van der Waals surface area (Å²) < 4.78 is 7.69. The summed E-state index contributed by atoms with van der Waals surface area (Å²) in [7, 11) is 3.39. The number of aromatic nitrogens is 5. The number of hydrogen-bond acceptors (Lipinski definition) is 6. The van der Waals surface area contributed by atoms with Crippen molar-refractivity contribution in [2.75, 3.05) is 19.0 Å². The molecule has 0 saturated carbocycles. The Hall–Kier alpha value is -1.70. The van der Waals surface area contributed by atoms with E-state index in [1.807, 2.05) is 0 Å². The number of anilines is 1. The van der Waals surface area contributed by atoms with Gasteiger partial charge >= 0.3 is 0 Å². The molecule has 7 nitrogen and oxygen atoms in total. The lowest BCUT2D eigenvalue weighted by Crippen LogP contribution is -2.07. The average Bonchev–Trinajstić information content (AvgIpc) is 2.75. The smallest absolute Gasteiger partial charge is 0.189 e. The van der Waals surface area contributed by atoms with Crippen molar-refractivity contribution in [1.29, 1.82) is 0 Å². The number of nitrogens with zero attached hydrogens (tertiary/aromatic N) is 5. The average molecular weight is 327 g/mol. The monoisotopic (exact) mass is 326 g/mol. The first kappa shape index (κ1) is 13.7. The van der Waals surface area contributed by atoms with Crippen molar-refractivity contribution < 1.29 is 4.74 Å². The molecule has 0 radical (unpaired) electrons. The van der Waals surface area contributed by atoms with Gasteiger partial charge in [0.15, 0.2) is 16.2 Å². The minimum Gasteiger partial charge on any atom is -0.491 e. The van der Waals surface area contributed by atoms with E-state index >= 15 is 0 Å². The minimum atomic E-state index is 0.585. The maximum absolute atomic E-state index is 5.43. The van der Waals surface area contributed by atoms with Gasteiger partial charge < -0.3 is 10.1 Å². The fourth-order valence-corrected chi connectivity index (χ4v) is 2.20. The van der Waals surface area contributed by atoms with Gasteiger partial charge in [0.25, 0.3) is 0 Å². The van der Waals surface area contributed by atoms with Gasteiger partial charge in [-0.1, -0.05) is 12.1 Å². The standard InChI is InChI=1S/C11H15BrN6O/c1-4-5-13-11-9(19-3)7(14-6-15-11)8-10(12)16-17-18(8)2/h6H,4-5H2,1-3H3,(H,13,14,15). The SMILES string of the molecule is CCCNc1ncnc(-c2c(Br)nnn2C)c1OC. The molecule has 2 rings (SSSR count). The predicted octanol–water partition coefficient (Wildman–Crippen LogP) is 1.87. The molecule has 0 fully saturated rings. The molecule has 0 spiro atoms. The Balaban J connectivity index is 2.51. The van der Waals surface area contributed by atoms with Crippen LogP contribution in [0.3, 0.4) is 0 Å². The van der Waals surface area contributed by atoms with E-state index in [0.29, 0.717) is 21.9 Å². The summed E-state index contributed by atoms with van der Waals surface area (Å²) in [6, 6.07) is 0. The number of halogens is 1. The number of methoxy groups -OCH3 is 1. The highest BCUT2D eigenvalue weighted by Gasteiger charge is 2.20. The second kappa shape index (κ2) is 5.96. The Labute approximate surface area is 119 Å². The molecule has 0 saturated heterocycles. The maximum Gasteiger partial charge on any atom is 0.189 e. The lowest BCUT2D eigenvalue weighted by atomic mass is 10.2. The number of ether oxygens (including phenoxy) is 1. The molecule has 8 heteroatoms. The van der Waals surface area contributed by atoms with Crippen molar-refractivity contribution in [2.45, 2.75) is 13.3 Å². The van der Waals surface area contributed by atoms with Crippen molar-refractivity contribution in [1.82, 2.24) is 25.0 Å². The van der Waals surface area contributed by atoms with Crippen molar-refractivity contribution >= 4 is 21.7 Å². The third-order valence-electron chi connectivity index (χ3n) is 2.56. The van der Waals surface area contributed by atoms with E-state index < -0.39 is 0 Å². The van der Waals surface area contributed by atoms with Crippen molar-refractivity contribution in [3.8, 4) is 17.1 Å². The van der Waals surface area contributed by atoms with Crippen LogP contribution in [0.2, 0.25) is 0 Å². The first-order valence-electron chi connectivity index (χ1n) is 5.87. The Kier molecular flexibility index (Phi) is 4.31. The maximum atomic E-state index is 5.43. The summed E-state index contributed by atoms with van der Waals surface area (Å²) in [5, 5.41) is 11.1. The molecule has 0 aliphatic carbocycles. The number of rotatable bonds is 5. The molecule has 0 bridgehead atoms. The zero-order chi connectivity index (χ0) is 13.8. The van der Waals surface area contributed by atoms with Gasteiger partial charge in [0.05, 0.1) is 7.11 Å². The van der Waals surface area contributed by atoms with Crippen LogP contribution < -0.4 is 10.1 Å². The second-order valence-corrected chi connectivity index (χ2v) is 4.63. The number of hydrogen-bond donors (Lipinski definition) is 1. The van der Waals surface area contributed by atoms with Gasteiger partial charge in [0.2, 0.25) is 0 Å². The highest BCUT2D eigenvalue weighted by molar-refractivity contribution is 9.10. The number of nitrogens with one attached hydrogen (secondary N) is 1. The molecular weight excluding hydrogens is 312 g/mol. The van der Waals surface area contributed by atoms with Crippen LogP contribution in [0.25, 0.3) is 11.4 Å². The predicted molar refractivity (Wildman–Crippen MR) is 75.1 cm³/mol. The van der Waals surface area contributed by atoms with Gasteiger partial charge in [0, 0.05) is 13.6 Å². The van der Waals surface area contributed by atoms with Gasteiger partial charge in [-0.05, 0) is 22.4 Å². The zero-order valence-corrected chi connectivity index (χ0v) is 12.6. The summed E-state index contributed by atoms with van der Waals surface area (Å²) in [5.41, 5.74) is 1.40. The zero-order valence-electron chi connectivity index (χ0n) is 11.0. The summed E-state index contributed by atoms with van der Waals surface area (Å²) in [6.07, 6.45) is 2.49. The van der Waals surface area contributed by atoms with E-state index in [1.54, 1.807) is 18.8 Å². The van der Waals surface area contributed by atoms with Crippen LogP contribution in [0.15, 0.2) is 10.9 Å². The highest BCUT2D eigenvalue weighted by Crippen LogP contribution is 2.35. The Bertz CT molecular complexity index is 551. The van der Waals surface area contributed by atoms with E-state index in [9.17, 15) is 0 Å². The quantitative estimate of drug-likeness (QED) is 0.903. The van der Waals surface area contributed by atoms with Crippen LogP contribution in [0.4, 0.5) is 5.82 Å². The fourth-order valence-electron chi connectivity index (χ4n) is 1.69. The van der Waals surface area contributed by atoms with Crippen molar-refractivity contribution in [3.63, 3.8) is 0 Å². The molecule has 19 heavy (non-hydrogen) atoms. The number of aryl methyl sites for hydroxylation is 1. The summed E-state index contributed by atoms with van der Waals surface area (Å²) in [5.74, 6) is 1.25. The molecule has 0 amide bonds. The van der Waals surface area contributed by atoms with Gasteiger partial charge in [-0.3, -0.25) is 0 Å². The molecule has 0 unspecified atom stereocenters. The molecule has 0 atom stereocenters. The molecule has 102 valence electrons. The third-order valence-corrected chi connectivity index (χ3v) is 3.09. The van der Waals surface area contributed by atoms with Gasteiger partial charge in [-0.2, -0.15) is 0 Å². The van der Waals surface area contributed by atoms with Gasteiger partial charge in [-0.15, -0.1) is 5.10 Å². The van der Waals surface area contributed by atoms with E-state index in [0.717, 1.165) is 18.7 Å². The molecule has 1 N–H and O–H groups in total. The Morgan fingerprint density at radius 1 is 1.42 bits per heavy atom. The second-order valence-electron chi connectivity index (χ2n) is 3.88. The van der Waals surface area contributed by atoms with Crippen LogP contribution in [0, 0.1) is 0 Å². The molecule has 2 aromatic rings. The lowest BCUT2D eigenvalue weighted by molar-refractivity contribution is 0.414. The normalized spacial score (nSPS) is 10.5.